The van der Waals surface area contributed by atoms with Gasteiger partial charge in [0.2, 0.25) is 0 Å². The monoisotopic (exact) mass is 300 g/mol. The smallest absolute Gasteiger partial charge is 0.306 e. The van der Waals surface area contributed by atoms with Gasteiger partial charge in [0, 0.05) is 0 Å². The molecular weight excluding hydrogens is 268 g/mol. The van der Waals surface area contributed by atoms with Crippen LogP contribution >= 0.6 is 0 Å². The minimum atomic E-state index is -1.03. The molecule has 3 unspecified atom stereocenters. The van der Waals surface area contributed by atoms with E-state index in [-0.39, 0.29) is 6.42 Å². The molecule has 0 radical (unpaired) electrons. The number of hydrogen-bond acceptors (Lipinski definition) is 3. The van der Waals surface area contributed by atoms with Crippen LogP contribution in [0.15, 0.2) is 11.6 Å². The van der Waals surface area contributed by atoms with Crippen LogP contribution in [-0.2, 0) is 4.79 Å². The highest BCUT2D eigenvalue weighted by atomic mass is 16.4. The van der Waals surface area contributed by atoms with Gasteiger partial charge in [0.25, 0.3) is 0 Å². The molecule has 21 heavy (non-hydrogen) atoms. The van der Waals surface area contributed by atoms with Crippen LogP contribution in [0.4, 0.5) is 0 Å². The zero-order valence-electron chi connectivity index (χ0n) is 13.9. The van der Waals surface area contributed by atoms with E-state index < -0.39 is 17.7 Å². The Labute approximate surface area is 128 Å². The van der Waals surface area contributed by atoms with E-state index in [1.54, 1.807) is 6.08 Å². The number of unbranched alkanes of at least 4 members (excludes halogenated alkanes) is 1. The third-order valence-electron chi connectivity index (χ3n) is 4.02. The molecule has 0 aromatic rings. The number of hydrogen-bond donors (Lipinski definition) is 3. The summed E-state index contributed by atoms with van der Waals surface area (Å²) in [6.45, 7) is 8.06. The Bertz CT molecular complexity index is 338. The maximum atomic E-state index is 10.7. The predicted octanol–water partition coefficient (Wildman–Crippen LogP) is 3.52. The van der Waals surface area contributed by atoms with E-state index in [4.69, 9.17) is 5.11 Å². The maximum absolute atomic E-state index is 10.7. The van der Waals surface area contributed by atoms with E-state index in [1.165, 1.54) is 0 Å². The number of carbonyl (C=O) groups is 1. The molecule has 0 aromatic heterocycles. The summed E-state index contributed by atoms with van der Waals surface area (Å²) in [5.74, 6) is -0.626. The first-order valence-corrected chi connectivity index (χ1v) is 8.11. The van der Waals surface area contributed by atoms with Gasteiger partial charge < -0.3 is 15.3 Å². The molecule has 0 saturated heterocycles. The molecule has 3 atom stereocenters. The molecular formula is C17H32O4. The minimum absolute atomic E-state index is 0.315. The first kappa shape index (κ1) is 20.1. The fourth-order valence-corrected chi connectivity index (χ4v) is 2.64. The van der Waals surface area contributed by atoms with Gasteiger partial charge in [0.15, 0.2) is 0 Å². The molecule has 0 rings (SSSR count). The van der Waals surface area contributed by atoms with Gasteiger partial charge in [-0.05, 0) is 30.8 Å². The van der Waals surface area contributed by atoms with Gasteiger partial charge in [0.05, 0.1) is 18.1 Å². The van der Waals surface area contributed by atoms with E-state index in [0.29, 0.717) is 30.8 Å². The van der Waals surface area contributed by atoms with Crippen LogP contribution in [0.5, 0.6) is 0 Å². The number of aliphatic carboxylic acids is 1. The van der Waals surface area contributed by atoms with Crippen molar-refractivity contribution >= 4 is 5.97 Å². The molecule has 3 N–H and O–H groups in total. The highest BCUT2D eigenvalue weighted by Gasteiger charge is 2.26. The molecule has 4 nitrogen and oxygen atoms in total. The summed E-state index contributed by atoms with van der Waals surface area (Å²) in [6, 6.07) is 0. The molecule has 0 aliphatic heterocycles. The molecule has 0 saturated carbocycles. The molecule has 0 amide bonds. The van der Waals surface area contributed by atoms with Crippen molar-refractivity contribution in [3.05, 3.63) is 11.6 Å². The minimum Gasteiger partial charge on any atom is -0.481 e. The second-order valence-electron chi connectivity index (χ2n) is 6.10. The molecule has 124 valence electrons. The standard InChI is InChI=1S/C17H32O4/c1-5-8-9-13(4)11-17(21,7-3)12-14(6-2)15(18)10-16(19)20/h12-13,15,18,21H,5-11H2,1-4H3,(H,19,20)/b14-12+. The molecule has 0 spiro atoms. The molecule has 0 aliphatic rings. The molecule has 0 heterocycles. The fourth-order valence-electron chi connectivity index (χ4n) is 2.64. The van der Waals surface area contributed by atoms with Gasteiger partial charge in [-0.25, -0.2) is 0 Å². The average molecular weight is 300 g/mol. The average Bonchev–Trinajstić information content (AvgIpc) is 2.41. The van der Waals surface area contributed by atoms with Crippen molar-refractivity contribution < 1.29 is 20.1 Å². The Kier molecular flexibility index (Phi) is 9.54. The zero-order valence-corrected chi connectivity index (χ0v) is 13.9. The Morgan fingerprint density at radius 2 is 1.90 bits per heavy atom. The van der Waals surface area contributed by atoms with Crippen LogP contribution in [0.3, 0.4) is 0 Å². The van der Waals surface area contributed by atoms with E-state index in [2.05, 4.69) is 13.8 Å². The summed E-state index contributed by atoms with van der Waals surface area (Å²) in [5.41, 5.74) is -0.345. The topological polar surface area (TPSA) is 77.8 Å². The summed E-state index contributed by atoms with van der Waals surface area (Å²) >= 11 is 0. The zero-order chi connectivity index (χ0) is 16.5. The second kappa shape index (κ2) is 9.96. The van der Waals surface area contributed by atoms with Crippen LogP contribution in [0.1, 0.15) is 72.6 Å². The van der Waals surface area contributed by atoms with Crippen LogP contribution in [0.2, 0.25) is 0 Å². The molecule has 0 bridgehead atoms. The fraction of sp³-hybridized carbons (Fsp3) is 0.824. The molecule has 0 aromatic carbocycles. The van der Waals surface area contributed by atoms with Crippen molar-refractivity contribution in [2.24, 2.45) is 5.92 Å². The van der Waals surface area contributed by atoms with Crippen LogP contribution < -0.4 is 0 Å². The number of aliphatic hydroxyl groups is 2. The van der Waals surface area contributed by atoms with Gasteiger partial charge in [-0.3, -0.25) is 4.79 Å². The van der Waals surface area contributed by atoms with E-state index in [9.17, 15) is 15.0 Å². The first-order chi connectivity index (χ1) is 9.77. The van der Waals surface area contributed by atoms with Crippen molar-refractivity contribution in [1.29, 1.82) is 0 Å². The highest BCUT2D eigenvalue weighted by Crippen LogP contribution is 2.28. The first-order valence-electron chi connectivity index (χ1n) is 8.11. The Hall–Kier alpha value is -0.870. The van der Waals surface area contributed by atoms with Crippen molar-refractivity contribution in [2.45, 2.75) is 84.3 Å². The third kappa shape index (κ3) is 8.22. The van der Waals surface area contributed by atoms with Crippen molar-refractivity contribution in [3.63, 3.8) is 0 Å². The highest BCUT2D eigenvalue weighted by molar-refractivity contribution is 5.67. The summed E-state index contributed by atoms with van der Waals surface area (Å²) < 4.78 is 0. The van der Waals surface area contributed by atoms with E-state index >= 15 is 0 Å². The molecule has 4 heteroatoms. The lowest BCUT2D eigenvalue weighted by Gasteiger charge is -2.29. The lowest BCUT2D eigenvalue weighted by molar-refractivity contribution is -0.138. The van der Waals surface area contributed by atoms with Crippen LogP contribution in [-0.4, -0.2) is 33.0 Å². The SMILES string of the molecule is CCCCC(C)CC(O)(/C=C(\CC)C(O)CC(=O)O)CC. The quantitative estimate of drug-likeness (QED) is 0.510. The lowest BCUT2D eigenvalue weighted by atomic mass is 9.84. The van der Waals surface area contributed by atoms with Gasteiger partial charge >= 0.3 is 5.97 Å². The van der Waals surface area contributed by atoms with Crippen molar-refractivity contribution in [2.75, 3.05) is 0 Å². The maximum Gasteiger partial charge on any atom is 0.306 e. The second-order valence-corrected chi connectivity index (χ2v) is 6.10. The Morgan fingerprint density at radius 1 is 1.29 bits per heavy atom. The van der Waals surface area contributed by atoms with Gasteiger partial charge in [-0.1, -0.05) is 53.0 Å². The van der Waals surface area contributed by atoms with Crippen molar-refractivity contribution in [1.82, 2.24) is 0 Å². The number of rotatable bonds is 11. The number of carboxylic acid groups (broad SMARTS) is 1. The summed E-state index contributed by atoms with van der Waals surface area (Å²) in [4.78, 5) is 10.7. The van der Waals surface area contributed by atoms with E-state index in [0.717, 1.165) is 19.3 Å². The third-order valence-corrected chi connectivity index (χ3v) is 4.02. The number of carboxylic acids is 1. The molecule has 0 fully saturated rings. The number of aliphatic hydroxyl groups excluding tert-OH is 1. The lowest BCUT2D eigenvalue weighted by Crippen LogP contribution is -2.30. The van der Waals surface area contributed by atoms with Crippen LogP contribution in [0.25, 0.3) is 0 Å². The van der Waals surface area contributed by atoms with Gasteiger partial charge in [-0.2, -0.15) is 0 Å². The normalized spacial score (nSPS) is 18.1. The van der Waals surface area contributed by atoms with Crippen LogP contribution in [0, 0.1) is 5.92 Å². The molecule has 0 aliphatic carbocycles. The summed E-state index contributed by atoms with van der Waals surface area (Å²) in [6.07, 6.45) is 5.48. The summed E-state index contributed by atoms with van der Waals surface area (Å²) in [5, 5.41) is 29.5. The van der Waals surface area contributed by atoms with Gasteiger partial charge in [-0.15, -0.1) is 0 Å². The Morgan fingerprint density at radius 3 is 2.33 bits per heavy atom. The summed E-state index contributed by atoms with van der Waals surface area (Å²) in [7, 11) is 0. The van der Waals surface area contributed by atoms with E-state index in [1.807, 2.05) is 13.8 Å². The Balaban J connectivity index is 4.93. The van der Waals surface area contributed by atoms with Gasteiger partial charge in [0.1, 0.15) is 0 Å². The van der Waals surface area contributed by atoms with Crippen molar-refractivity contribution in [3.8, 4) is 0 Å². The predicted molar refractivity (Wildman–Crippen MR) is 85.2 cm³/mol. The largest absolute Gasteiger partial charge is 0.481 e.